The molecule has 0 saturated carbocycles. The summed E-state index contributed by atoms with van der Waals surface area (Å²) in [5, 5.41) is 15.0. The molecule has 0 amide bonds. The lowest BCUT2D eigenvalue weighted by atomic mass is 10.2. The van der Waals surface area contributed by atoms with Gasteiger partial charge in [0.2, 0.25) is 0 Å². The number of nitrogens with two attached hydrogens (primary N) is 1. The zero-order valence-electron chi connectivity index (χ0n) is 10.7. The van der Waals surface area contributed by atoms with Gasteiger partial charge in [-0.3, -0.25) is 9.82 Å². The average Bonchev–Trinajstić information content (AvgIpc) is 2.71. The monoisotopic (exact) mass is 291 g/mol. The molecule has 8 heteroatoms. The van der Waals surface area contributed by atoms with Gasteiger partial charge in [0.25, 0.3) is 10.0 Å². The molecule has 2 aromatic rings. The van der Waals surface area contributed by atoms with Crippen LogP contribution in [0.15, 0.2) is 29.2 Å². The Morgan fingerprint density at radius 3 is 2.55 bits per heavy atom. The van der Waals surface area contributed by atoms with E-state index in [1.54, 1.807) is 19.1 Å². The van der Waals surface area contributed by atoms with Gasteiger partial charge in [0, 0.05) is 0 Å². The molecule has 0 fully saturated rings. The van der Waals surface area contributed by atoms with Gasteiger partial charge in [-0.15, -0.1) is 0 Å². The van der Waals surface area contributed by atoms with Gasteiger partial charge >= 0.3 is 0 Å². The standard InChI is InChI=1S/C12H13N5O2S/c1-8-11(14)12(16-15-8)17-20(18,19)10-4-2-9(3-5-10)6-7-13/h2-5H,6,14H2,1H3,(H2,15,16,17). The third kappa shape index (κ3) is 2.73. The van der Waals surface area contributed by atoms with Crippen molar-refractivity contribution in [3.63, 3.8) is 0 Å². The van der Waals surface area contributed by atoms with Crippen molar-refractivity contribution in [2.45, 2.75) is 18.2 Å². The highest BCUT2D eigenvalue weighted by Crippen LogP contribution is 2.22. The van der Waals surface area contributed by atoms with Crippen LogP contribution in [0.25, 0.3) is 0 Å². The molecule has 0 aliphatic carbocycles. The summed E-state index contributed by atoms with van der Waals surface area (Å²) in [7, 11) is -3.75. The zero-order chi connectivity index (χ0) is 14.8. The van der Waals surface area contributed by atoms with Gasteiger partial charge in [-0.25, -0.2) is 8.42 Å². The minimum atomic E-state index is -3.75. The Morgan fingerprint density at radius 1 is 1.40 bits per heavy atom. The number of benzene rings is 1. The Kier molecular flexibility index (Phi) is 3.63. The van der Waals surface area contributed by atoms with Crippen molar-refractivity contribution in [3.05, 3.63) is 35.5 Å². The van der Waals surface area contributed by atoms with Crippen molar-refractivity contribution >= 4 is 21.5 Å². The first kappa shape index (κ1) is 13.9. The molecule has 104 valence electrons. The number of aromatic amines is 1. The Morgan fingerprint density at radius 2 is 2.05 bits per heavy atom. The van der Waals surface area contributed by atoms with Crippen molar-refractivity contribution in [2.24, 2.45) is 0 Å². The molecule has 1 aromatic carbocycles. The smallest absolute Gasteiger partial charge is 0.263 e. The predicted octanol–water partition coefficient (Wildman–Crippen LogP) is 1.17. The topological polar surface area (TPSA) is 125 Å². The van der Waals surface area contributed by atoms with Crippen LogP contribution in [0.5, 0.6) is 0 Å². The number of rotatable bonds is 4. The lowest BCUT2D eigenvalue weighted by Crippen LogP contribution is -2.14. The lowest BCUT2D eigenvalue weighted by molar-refractivity contribution is 0.601. The molecular weight excluding hydrogens is 278 g/mol. The van der Waals surface area contributed by atoms with Gasteiger partial charge in [-0.1, -0.05) is 12.1 Å². The van der Waals surface area contributed by atoms with E-state index in [4.69, 9.17) is 11.0 Å². The van der Waals surface area contributed by atoms with Gasteiger partial charge in [0.05, 0.1) is 28.8 Å². The van der Waals surface area contributed by atoms with Crippen molar-refractivity contribution in [1.82, 2.24) is 10.2 Å². The minimum Gasteiger partial charge on any atom is -0.394 e. The van der Waals surface area contributed by atoms with Gasteiger partial charge in [-0.2, -0.15) is 10.4 Å². The summed E-state index contributed by atoms with van der Waals surface area (Å²) < 4.78 is 26.6. The SMILES string of the molecule is Cc1[nH]nc(NS(=O)(=O)c2ccc(CC#N)cc2)c1N. The first-order chi connectivity index (χ1) is 9.44. The molecule has 2 rings (SSSR count). The van der Waals surface area contributed by atoms with E-state index in [0.29, 0.717) is 5.69 Å². The van der Waals surface area contributed by atoms with E-state index >= 15 is 0 Å². The molecule has 0 radical (unpaired) electrons. The van der Waals surface area contributed by atoms with E-state index in [1.165, 1.54) is 12.1 Å². The first-order valence-corrected chi connectivity index (χ1v) is 7.21. The molecule has 0 spiro atoms. The van der Waals surface area contributed by atoms with Gasteiger partial charge in [-0.05, 0) is 24.6 Å². The third-order valence-electron chi connectivity index (χ3n) is 2.74. The number of nitriles is 1. The summed E-state index contributed by atoms with van der Waals surface area (Å²) in [5.41, 5.74) is 7.30. The molecule has 0 unspecified atom stereocenters. The van der Waals surface area contributed by atoms with Crippen molar-refractivity contribution in [3.8, 4) is 6.07 Å². The summed E-state index contributed by atoms with van der Waals surface area (Å²) in [6.07, 6.45) is 0.235. The van der Waals surface area contributed by atoms with Crippen molar-refractivity contribution < 1.29 is 8.42 Å². The molecule has 4 N–H and O–H groups in total. The molecule has 1 aromatic heterocycles. The molecule has 0 atom stereocenters. The fraction of sp³-hybridized carbons (Fsp3) is 0.167. The molecule has 0 aliphatic rings. The number of aryl methyl sites for hydroxylation is 1. The quantitative estimate of drug-likeness (QED) is 0.779. The maximum Gasteiger partial charge on any atom is 0.263 e. The zero-order valence-corrected chi connectivity index (χ0v) is 11.5. The van der Waals surface area contributed by atoms with E-state index in [2.05, 4.69) is 14.9 Å². The fourth-order valence-corrected chi connectivity index (χ4v) is 2.60. The minimum absolute atomic E-state index is 0.0728. The molecular formula is C12H13N5O2S. The van der Waals surface area contributed by atoms with Crippen LogP contribution in [0, 0.1) is 18.3 Å². The number of aromatic nitrogens is 2. The van der Waals surface area contributed by atoms with Crippen LogP contribution in [0.4, 0.5) is 11.5 Å². The molecule has 1 heterocycles. The second kappa shape index (κ2) is 5.22. The predicted molar refractivity (Wildman–Crippen MR) is 74.3 cm³/mol. The summed E-state index contributed by atoms with van der Waals surface area (Å²) in [6.45, 7) is 1.69. The normalized spacial score (nSPS) is 11.0. The number of sulfonamides is 1. The van der Waals surface area contributed by atoms with Crippen LogP contribution >= 0.6 is 0 Å². The Labute approximate surface area is 116 Å². The van der Waals surface area contributed by atoms with E-state index in [-0.39, 0.29) is 22.8 Å². The van der Waals surface area contributed by atoms with Gasteiger partial charge < -0.3 is 5.73 Å². The lowest BCUT2D eigenvalue weighted by Gasteiger charge is -2.06. The van der Waals surface area contributed by atoms with Crippen LogP contribution in [0.1, 0.15) is 11.3 Å². The van der Waals surface area contributed by atoms with Crippen LogP contribution in [0.3, 0.4) is 0 Å². The number of nitrogens with zero attached hydrogens (tertiary/aromatic N) is 2. The maximum atomic E-state index is 12.1. The molecule has 7 nitrogen and oxygen atoms in total. The summed E-state index contributed by atoms with van der Waals surface area (Å²) >= 11 is 0. The summed E-state index contributed by atoms with van der Waals surface area (Å²) in [4.78, 5) is 0.0826. The first-order valence-electron chi connectivity index (χ1n) is 5.73. The number of hydrogen-bond acceptors (Lipinski definition) is 5. The van der Waals surface area contributed by atoms with E-state index in [1.807, 2.05) is 6.07 Å². The van der Waals surface area contributed by atoms with Crippen molar-refractivity contribution in [1.29, 1.82) is 5.26 Å². The molecule has 20 heavy (non-hydrogen) atoms. The van der Waals surface area contributed by atoms with Crippen LogP contribution in [0.2, 0.25) is 0 Å². The number of nitrogen functional groups attached to an aromatic ring is 1. The number of H-pyrrole nitrogens is 1. The van der Waals surface area contributed by atoms with E-state index in [9.17, 15) is 8.42 Å². The number of hydrogen-bond donors (Lipinski definition) is 3. The van der Waals surface area contributed by atoms with Crippen molar-refractivity contribution in [2.75, 3.05) is 10.5 Å². The van der Waals surface area contributed by atoms with Crippen LogP contribution < -0.4 is 10.5 Å². The second-order valence-electron chi connectivity index (χ2n) is 4.20. The third-order valence-corrected chi connectivity index (χ3v) is 4.10. The molecule has 0 bridgehead atoms. The average molecular weight is 291 g/mol. The summed E-state index contributed by atoms with van der Waals surface area (Å²) in [6, 6.07) is 8.06. The Hall–Kier alpha value is -2.53. The maximum absolute atomic E-state index is 12.1. The van der Waals surface area contributed by atoms with E-state index < -0.39 is 10.0 Å². The Balaban J connectivity index is 2.26. The van der Waals surface area contributed by atoms with Crippen LogP contribution in [-0.2, 0) is 16.4 Å². The van der Waals surface area contributed by atoms with Gasteiger partial charge in [0.15, 0.2) is 5.82 Å². The highest BCUT2D eigenvalue weighted by Gasteiger charge is 2.17. The van der Waals surface area contributed by atoms with E-state index in [0.717, 1.165) is 5.56 Å². The highest BCUT2D eigenvalue weighted by molar-refractivity contribution is 7.92. The molecule has 0 saturated heterocycles. The Bertz CT molecular complexity index is 756. The summed E-state index contributed by atoms with van der Waals surface area (Å²) in [5.74, 6) is 0.0728. The largest absolute Gasteiger partial charge is 0.394 e. The molecule has 0 aliphatic heterocycles. The van der Waals surface area contributed by atoms with Crippen LogP contribution in [-0.4, -0.2) is 18.6 Å². The number of anilines is 2. The second-order valence-corrected chi connectivity index (χ2v) is 5.88. The highest BCUT2D eigenvalue weighted by atomic mass is 32.2. The van der Waals surface area contributed by atoms with Gasteiger partial charge in [0.1, 0.15) is 0 Å². The fourth-order valence-electron chi connectivity index (χ4n) is 1.58. The number of nitrogens with one attached hydrogen (secondary N) is 2.